The Balaban J connectivity index is 2.76. The van der Waals surface area contributed by atoms with Crippen molar-refractivity contribution in [3.05, 3.63) is 11.4 Å². The van der Waals surface area contributed by atoms with E-state index in [1.165, 1.54) is 0 Å². The van der Waals surface area contributed by atoms with Gasteiger partial charge in [-0.25, -0.2) is 4.98 Å². The molecule has 0 aliphatic carbocycles. The molecule has 0 spiro atoms. The van der Waals surface area contributed by atoms with Gasteiger partial charge < -0.3 is 5.32 Å². The summed E-state index contributed by atoms with van der Waals surface area (Å²) in [4.78, 5) is 4.36. The Morgan fingerprint density at radius 2 is 1.80 bits per heavy atom. The van der Waals surface area contributed by atoms with Crippen molar-refractivity contribution in [2.45, 2.75) is 53.0 Å². The molecule has 1 rings (SSSR count). The molecule has 15 heavy (non-hydrogen) atoms. The second-order valence-electron chi connectivity index (χ2n) is 4.57. The van der Waals surface area contributed by atoms with Crippen molar-refractivity contribution < 1.29 is 0 Å². The van der Waals surface area contributed by atoms with Crippen molar-refractivity contribution in [2.75, 3.05) is 5.32 Å². The Hall–Kier alpha value is -1.19. The first kappa shape index (κ1) is 11.9. The van der Waals surface area contributed by atoms with E-state index >= 15 is 0 Å². The molecular weight excluding hydrogens is 188 g/mol. The Morgan fingerprint density at radius 3 is 2.33 bits per heavy atom. The number of nitrogens with zero attached hydrogens (tertiary/aromatic N) is 3. The van der Waals surface area contributed by atoms with Gasteiger partial charge in [0.05, 0.1) is 11.4 Å². The van der Waals surface area contributed by atoms with Gasteiger partial charge in [-0.3, -0.25) is 0 Å². The molecule has 0 aromatic carbocycles. The zero-order chi connectivity index (χ0) is 11.5. The summed E-state index contributed by atoms with van der Waals surface area (Å²) < 4.78 is 0. The topological polar surface area (TPSA) is 50.7 Å². The van der Waals surface area contributed by atoms with Gasteiger partial charge in [0.2, 0.25) is 5.95 Å². The second-order valence-corrected chi connectivity index (χ2v) is 4.57. The van der Waals surface area contributed by atoms with E-state index in [2.05, 4.69) is 41.3 Å². The minimum atomic E-state index is 0.0259. The van der Waals surface area contributed by atoms with E-state index in [9.17, 15) is 0 Å². The average Bonchev–Trinajstić information content (AvgIpc) is 2.10. The van der Waals surface area contributed by atoms with Gasteiger partial charge in [-0.05, 0) is 34.1 Å². The van der Waals surface area contributed by atoms with Gasteiger partial charge in [0.25, 0.3) is 0 Å². The highest BCUT2D eigenvalue weighted by atomic mass is 15.3. The van der Waals surface area contributed by atoms with E-state index in [0.29, 0.717) is 5.95 Å². The number of nitrogens with one attached hydrogen (secondary N) is 1. The first-order valence-corrected chi connectivity index (χ1v) is 5.41. The normalized spacial score (nSPS) is 11.5. The fraction of sp³-hybridized carbons (Fsp3) is 0.727. The van der Waals surface area contributed by atoms with Crippen LogP contribution < -0.4 is 5.32 Å². The van der Waals surface area contributed by atoms with Gasteiger partial charge in [-0.2, -0.15) is 5.10 Å². The minimum Gasteiger partial charge on any atom is -0.348 e. The van der Waals surface area contributed by atoms with Crippen molar-refractivity contribution in [2.24, 2.45) is 0 Å². The van der Waals surface area contributed by atoms with Crippen molar-refractivity contribution in [3.8, 4) is 0 Å². The Kier molecular flexibility index (Phi) is 3.61. The van der Waals surface area contributed by atoms with Gasteiger partial charge in [0, 0.05) is 5.54 Å². The van der Waals surface area contributed by atoms with Gasteiger partial charge in [0.15, 0.2) is 0 Å². The zero-order valence-corrected chi connectivity index (χ0v) is 10.3. The van der Waals surface area contributed by atoms with Crippen LogP contribution in [0.25, 0.3) is 0 Å². The molecule has 0 amide bonds. The van der Waals surface area contributed by atoms with Crippen LogP contribution >= 0.6 is 0 Å². The smallest absolute Gasteiger partial charge is 0.243 e. The molecule has 0 unspecified atom stereocenters. The summed E-state index contributed by atoms with van der Waals surface area (Å²) in [6, 6.07) is 0. The van der Waals surface area contributed by atoms with Crippen LogP contribution in [0.3, 0.4) is 0 Å². The summed E-state index contributed by atoms with van der Waals surface area (Å²) in [5.41, 5.74) is 1.84. The number of anilines is 1. The molecule has 0 saturated carbocycles. The molecule has 4 heteroatoms. The highest BCUT2D eigenvalue weighted by Crippen LogP contribution is 2.16. The lowest BCUT2D eigenvalue weighted by Crippen LogP contribution is -2.31. The van der Waals surface area contributed by atoms with Gasteiger partial charge >= 0.3 is 0 Å². The lowest BCUT2D eigenvalue weighted by atomic mass is 9.99. The van der Waals surface area contributed by atoms with Crippen molar-refractivity contribution in [1.82, 2.24) is 15.2 Å². The van der Waals surface area contributed by atoms with E-state index in [1.807, 2.05) is 13.8 Å². The maximum atomic E-state index is 4.36. The average molecular weight is 208 g/mol. The van der Waals surface area contributed by atoms with Crippen LogP contribution in [-0.4, -0.2) is 20.7 Å². The van der Waals surface area contributed by atoms with Crippen LogP contribution in [-0.2, 0) is 0 Å². The maximum absolute atomic E-state index is 4.36. The predicted octanol–water partition coefficient (Wildman–Crippen LogP) is 2.48. The number of rotatable bonds is 4. The largest absolute Gasteiger partial charge is 0.348 e. The molecule has 0 fully saturated rings. The third kappa shape index (κ3) is 3.46. The zero-order valence-electron chi connectivity index (χ0n) is 10.3. The molecule has 0 bridgehead atoms. The molecule has 1 aromatic heterocycles. The number of aromatic nitrogens is 3. The summed E-state index contributed by atoms with van der Waals surface area (Å²) in [6.45, 7) is 10.3. The van der Waals surface area contributed by atoms with E-state index in [1.54, 1.807) is 0 Å². The molecule has 0 aliphatic rings. The van der Waals surface area contributed by atoms with Gasteiger partial charge in [-0.1, -0.05) is 13.3 Å². The predicted molar refractivity (Wildman–Crippen MR) is 61.9 cm³/mol. The van der Waals surface area contributed by atoms with Crippen LogP contribution in [0, 0.1) is 13.8 Å². The van der Waals surface area contributed by atoms with Gasteiger partial charge in [-0.15, -0.1) is 5.10 Å². The summed E-state index contributed by atoms with van der Waals surface area (Å²) >= 11 is 0. The Bertz CT molecular complexity index is 333. The third-order valence-corrected chi connectivity index (χ3v) is 2.42. The SMILES string of the molecule is CCCC(C)(C)Nc1nnc(C)c(C)n1. The first-order valence-electron chi connectivity index (χ1n) is 5.41. The molecular formula is C11H20N4. The third-order valence-electron chi connectivity index (χ3n) is 2.42. The van der Waals surface area contributed by atoms with Crippen molar-refractivity contribution >= 4 is 5.95 Å². The Morgan fingerprint density at radius 1 is 1.13 bits per heavy atom. The minimum absolute atomic E-state index is 0.0259. The highest BCUT2D eigenvalue weighted by Gasteiger charge is 2.17. The van der Waals surface area contributed by atoms with Crippen LogP contribution in [0.15, 0.2) is 0 Å². The van der Waals surface area contributed by atoms with Crippen LogP contribution in [0.5, 0.6) is 0 Å². The summed E-state index contributed by atoms with van der Waals surface area (Å²) in [6.07, 6.45) is 2.22. The lowest BCUT2D eigenvalue weighted by Gasteiger charge is -2.25. The highest BCUT2D eigenvalue weighted by molar-refractivity contribution is 5.28. The monoisotopic (exact) mass is 208 g/mol. The van der Waals surface area contributed by atoms with Crippen molar-refractivity contribution in [3.63, 3.8) is 0 Å². The van der Waals surface area contributed by atoms with E-state index < -0.39 is 0 Å². The van der Waals surface area contributed by atoms with Gasteiger partial charge in [0.1, 0.15) is 0 Å². The fourth-order valence-electron chi connectivity index (χ4n) is 1.50. The van der Waals surface area contributed by atoms with Crippen molar-refractivity contribution in [1.29, 1.82) is 0 Å². The molecule has 0 atom stereocenters. The summed E-state index contributed by atoms with van der Waals surface area (Å²) in [5, 5.41) is 11.4. The molecule has 1 heterocycles. The molecule has 1 aromatic rings. The quantitative estimate of drug-likeness (QED) is 0.826. The molecule has 0 aliphatic heterocycles. The van der Waals surface area contributed by atoms with Crippen LogP contribution in [0.1, 0.15) is 45.0 Å². The van der Waals surface area contributed by atoms with Crippen LogP contribution in [0.2, 0.25) is 0 Å². The van der Waals surface area contributed by atoms with Crippen LogP contribution in [0.4, 0.5) is 5.95 Å². The molecule has 84 valence electrons. The van der Waals surface area contributed by atoms with E-state index in [0.717, 1.165) is 24.2 Å². The second kappa shape index (κ2) is 4.55. The van der Waals surface area contributed by atoms with E-state index in [4.69, 9.17) is 0 Å². The lowest BCUT2D eigenvalue weighted by molar-refractivity contribution is 0.505. The first-order chi connectivity index (χ1) is 6.94. The molecule has 4 nitrogen and oxygen atoms in total. The molecule has 1 N–H and O–H groups in total. The van der Waals surface area contributed by atoms with E-state index in [-0.39, 0.29) is 5.54 Å². The number of hydrogen-bond acceptors (Lipinski definition) is 4. The number of hydrogen-bond donors (Lipinski definition) is 1. The molecule has 0 radical (unpaired) electrons. The maximum Gasteiger partial charge on any atom is 0.243 e. The summed E-state index contributed by atoms with van der Waals surface area (Å²) in [7, 11) is 0. The number of aryl methyl sites for hydroxylation is 2. The Labute approximate surface area is 91.5 Å². The standard InChI is InChI=1S/C11H20N4/c1-6-7-11(4,5)13-10-12-8(2)9(3)14-15-10/h6-7H2,1-5H3,(H,12,13,15). The molecule has 0 saturated heterocycles. The fourth-order valence-corrected chi connectivity index (χ4v) is 1.50. The summed E-state index contributed by atoms with van der Waals surface area (Å²) in [5.74, 6) is 0.622.